The van der Waals surface area contributed by atoms with Gasteiger partial charge in [-0.05, 0) is 18.4 Å². The van der Waals surface area contributed by atoms with Crippen LogP contribution < -0.4 is 5.32 Å². The summed E-state index contributed by atoms with van der Waals surface area (Å²) in [6.07, 6.45) is 4.75. The second-order valence-corrected chi connectivity index (χ2v) is 3.89. The van der Waals surface area contributed by atoms with Crippen LogP contribution in [0.5, 0.6) is 0 Å². The van der Waals surface area contributed by atoms with Gasteiger partial charge in [0.2, 0.25) is 5.91 Å². The van der Waals surface area contributed by atoms with E-state index in [2.05, 4.69) is 10.4 Å². The van der Waals surface area contributed by atoms with Crippen LogP contribution in [0.15, 0.2) is 12.4 Å². The molecule has 1 unspecified atom stereocenters. The topological polar surface area (TPSA) is 84.2 Å². The van der Waals surface area contributed by atoms with Crippen LogP contribution in [0.1, 0.15) is 25.3 Å². The first-order chi connectivity index (χ1) is 8.02. The van der Waals surface area contributed by atoms with Crippen LogP contribution in [0.2, 0.25) is 0 Å². The Labute approximate surface area is 99.6 Å². The molecule has 0 fully saturated rings. The highest BCUT2D eigenvalue weighted by atomic mass is 16.4. The molecule has 6 nitrogen and oxygen atoms in total. The van der Waals surface area contributed by atoms with Crippen molar-refractivity contribution in [3.05, 3.63) is 18.0 Å². The monoisotopic (exact) mass is 239 g/mol. The van der Waals surface area contributed by atoms with E-state index >= 15 is 0 Å². The minimum absolute atomic E-state index is 0.247. The van der Waals surface area contributed by atoms with Crippen LogP contribution >= 0.6 is 0 Å². The van der Waals surface area contributed by atoms with Crippen molar-refractivity contribution in [1.82, 2.24) is 15.1 Å². The SMILES string of the molecule is CCC(NC(=O)CCc1cnn(C)c1)C(=O)O. The lowest BCUT2D eigenvalue weighted by Gasteiger charge is -2.11. The number of hydrogen-bond acceptors (Lipinski definition) is 3. The summed E-state index contributed by atoms with van der Waals surface area (Å²) in [6.45, 7) is 1.72. The smallest absolute Gasteiger partial charge is 0.326 e. The Kier molecular flexibility index (Phi) is 4.68. The molecule has 94 valence electrons. The van der Waals surface area contributed by atoms with Crippen molar-refractivity contribution >= 4 is 11.9 Å². The summed E-state index contributed by atoms with van der Waals surface area (Å²) >= 11 is 0. The number of amides is 1. The van der Waals surface area contributed by atoms with Gasteiger partial charge in [0.1, 0.15) is 6.04 Å². The molecule has 0 aliphatic heterocycles. The number of aromatic nitrogens is 2. The van der Waals surface area contributed by atoms with Crippen LogP contribution in [-0.2, 0) is 23.1 Å². The van der Waals surface area contributed by atoms with Gasteiger partial charge in [-0.15, -0.1) is 0 Å². The third-order valence-corrected chi connectivity index (χ3v) is 2.44. The van der Waals surface area contributed by atoms with Crippen LogP contribution in [0.25, 0.3) is 0 Å². The molecule has 0 saturated carbocycles. The normalized spacial score (nSPS) is 12.1. The van der Waals surface area contributed by atoms with Crippen LogP contribution in [0.4, 0.5) is 0 Å². The van der Waals surface area contributed by atoms with Crippen molar-refractivity contribution in [3.8, 4) is 0 Å². The second kappa shape index (κ2) is 6.03. The molecule has 0 spiro atoms. The molecule has 1 aromatic rings. The van der Waals surface area contributed by atoms with Gasteiger partial charge >= 0.3 is 5.97 Å². The van der Waals surface area contributed by atoms with Crippen molar-refractivity contribution in [3.63, 3.8) is 0 Å². The molecule has 0 aliphatic carbocycles. The molecule has 6 heteroatoms. The number of carbonyl (C=O) groups excluding carboxylic acids is 1. The van der Waals surface area contributed by atoms with Crippen molar-refractivity contribution in [2.24, 2.45) is 7.05 Å². The highest BCUT2D eigenvalue weighted by molar-refractivity contribution is 5.83. The quantitative estimate of drug-likeness (QED) is 0.749. The van der Waals surface area contributed by atoms with Gasteiger partial charge in [0.25, 0.3) is 0 Å². The molecule has 17 heavy (non-hydrogen) atoms. The molecule has 1 atom stereocenters. The van der Waals surface area contributed by atoms with E-state index in [0.717, 1.165) is 5.56 Å². The van der Waals surface area contributed by atoms with E-state index in [1.807, 2.05) is 6.20 Å². The van der Waals surface area contributed by atoms with Gasteiger partial charge in [-0.3, -0.25) is 9.48 Å². The van der Waals surface area contributed by atoms with Crippen LogP contribution in [-0.4, -0.2) is 32.8 Å². The first kappa shape index (κ1) is 13.2. The predicted molar refractivity (Wildman–Crippen MR) is 61.4 cm³/mol. The summed E-state index contributed by atoms with van der Waals surface area (Å²) < 4.78 is 1.67. The first-order valence-electron chi connectivity index (χ1n) is 5.52. The molecule has 0 bridgehead atoms. The fourth-order valence-corrected chi connectivity index (χ4v) is 1.46. The molecule has 0 radical (unpaired) electrons. The summed E-state index contributed by atoms with van der Waals surface area (Å²) in [6, 6.07) is -0.795. The Hall–Kier alpha value is -1.85. The second-order valence-electron chi connectivity index (χ2n) is 3.89. The van der Waals surface area contributed by atoms with E-state index in [-0.39, 0.29) is 12.3 Å². The lowest BCUT2D eigenvalue weighted by molar-refractivity contribution is -0.141. The van der Waals surface area contributed by atoms with Crippen LogP contribution in [0.3, 0.4) is 0 Å². The van der Waals surface area contributed by atoms with E-state index in [1.54, 1.807) is 24.9 Å². The molecule has 0 aromatic carbocycles. The van der Waals surface area contributed by atoms with Gasteiger partial charge in [0, 0.05) is 19.7 Å². The molecular weight excluding hydrogens is 222 g/mol. The molecule has 0 aliphatic rings. The van der Waals surface area contributed by atoms with Gasteiger partial charge in [-0.25, -0.2) is 4.79 Å². The number of rotatable bonds is 6. The number of carboxylic acid groups (broad SMARTS) is 1. The number of nitrogens with one attached hydrogen (secondary N) is 1. The van der Waals surface area contributed by atoms with E-state index in [1.165, 1.54) is 0 Å². The lowest BCUT2D eigenvalue weighted by Crippen LogP contribution is -2.40. The number of aryl methyl sites for hydroxylation is 2. The number of nitrogens with zero attached hydrogens (tertiary/aromatic N) is 2. The molecule has 1 aromatic heterocycles. The Morgan fingerprint density at radius 3 is 2.76 bits per heavy atom. The summed E-state index contributed by atoms with van der Waals surface area (Å²) in [5.74, 6) is -1.25. The molecule has 2 N–H and O–H groups in total. The molecule has 0 saturated heterocycles. The van der Waals surface area contributed by atoms with Crippen molar-refractivity contribution in [2.45, 2.75) is 32.2 Å². The van der Waals surface area contributed by atoms with E-state index in [9.17, 15) is 9.59 Å². The lowest BCUT2D eigenvalue weighted by atomic mass is 10.1. The van der Waals surface area contributed by atoms with Gasteiger partial charge in [0.15, 0.2) is 0 Å². The van der Waals surface area contributed by atoms with Gasteiger partial charge in [-0.1, -0.05) is 6.92 Å². The fraction of sp³-hybridized carbons (Fsp3) is 0.545. The maximum absolute atomic E-state index is 11.5. The van der Waals surface area contributed by atoms with E-state index in [4.69, 9.17) is 5.11 Å². The Bertz CT molecular complexity index is 400. The summed E-state index contributed by atoms with van der Waals surface area (Å²) in [5, 5.41) is 15.3. The Morgan fingerprint density at radius 1 is 1.59 bits per heavy atom. The fourth-order valence-electron chi connectivity index (χ4n) is 1.46. The van der Waals surface area contributed by atoms with E-state index < -0.39 is 12.0 Å². The van der Waals surface area contributed by atoms with Crippen molar-refractivity contribution < 1.29 is 14.7 Å². The van der Waals surface area contributed by atoms with Crippen molar-refractivity contribution in [2.75, 3.05) is 0 Å². The van der Waals surface area contributed by atoms with Gasteiger partial charge < -0.3 is 10.4 Å². The largest absolute Gasteiger partial charge is 0.480 e. The first-order valence-corrected chi connectivity index (χ1v) is 5.52. The van der Waals surface area contributed by atoms with Crippen molar-refractivity contribution in [1.29, 1.82) is 0 Å². The van der Waals surface area contributed by atoms with Gasteiger partial charge in [-0.2, -0.15) is 5.10 Å². The molecule has 1 heterocycles. The summed E-state index contributed by atoms with van der Waals surface area (Å²) in [4.78, 5) is 22.2. The highest BCUT2D eigenvalue weighted by Gasteiger charge is 2.17. The average molecular weight is 239 g/mol. The predicted octanol–water partition coefficient (Wildman–Crippen LogP) is 0.332. The maximum Gasteiger partial charge on any atom is 0.326 e. The average Bonchev–Trinajstić information content (AvgIpc) is 2.68. The summed E-state index contributed by atoms with van der Waals surface area (Å²) in [7, 11) is 1.81. The zero-order chi connectivity index (χ0) is 12.8. The number of hydrogen-bond donors (Lipinski definition) is 2. The number of carboxylic acids is 1. The van der Waals surface area contributed by atoms with Gasteiger partial charge in [0.05, 0.1) is 6.20 Å². The third-order valence-electron chi connectivity index (χ3n) is 2.44. The minimum Gasteiger partial charge on any atom is -0.480 e. The molecule has 1 amide bonds. The molecule has 1 rings (SSSR count). The zero-order valence-corrected chi connectivity index (χ0v) is 10.0. The van der Waals surface area contributed by atoms with Crippen LogP contribution in [0, 0.1) is 0 Å². The Morgan fingerprint density at radius 2 is 2.29 bits per heavy atom. The number of carbonyl (C=O) groups is 2. The Balaban J connectivity index is 2.37. The number of aliphatic carboxylic acids is 1. The zero-order valence-electron chi connectivity index (χ0n) is 10.0. The maximum atomic E-state index is 11.5. The highest BCUT2D eigenvalue weighted by Crippen LogP contribution is 2.01. The minimum atomic E-state index is -0.998. The standard InChI is InChI=1S/C11H17N3O3/c1-3-9(11(16)17)13-10(15)5-4-8-6-12-14(2)7-8/h6-7,9H,3-5H2,1-2H3,(H,13,15)(H,16,17). The molecular formula is C11H17N3O3. The van der Waals surface area contributed by atoms with E-state index in [0.29, 0.717) is 12.8 Å². The third kappa shape index (κ3) is 4.26. The summed E-state index contributed by atoms with van der Waals surface area (Å²) in [5.41, 5.74) is 0.964.